The molecule has 0 atom stereocenters. The Bertz CT molecular complexity index is 563. The van der Waals surface area contributed by atoms with E-state index in [-0.39, 0.29) is 0 Å². The summed E-state index contributed by atoms with van der Waals surface area (Å²) in [6, 6.07) is 11.1. The minimum Gasteiger partial charge on any atom is -0.369 e. The Balaban J connectivity index is 2.53. The van der Waals surface area contributed by atoms with Gasteiger partial charge in [0.25, 0.3) is 0 Å². The summed E-state index contributed by atoms with van der Waals surface area (Å²) in [7, 11) is 0. The van der Waals surface area contributed by atoms with Crippen molar-refractivity contribution in [1.82, 2.24) is 10.3 Å². The Morgan fingerprint density at radius 3 is 2.60 bits per heavy atom. The summed E-state index contributed by atoms with van der Waals surface area (Å²) in [4.78, 5) is 7.19. The molecule has 0 fully saturated rings. The number of nitrogens with one attached hydrogen (secondary N) is 1. The monoisotopic (exact) mass is 271 g/mol. The third-order valence-electron chi connectivity index (χ3n) is 3.58. The van der Waals surface area contributed by atoms with E-state index in [4.69, 9.17) is 4.98 Å². The topological polar surface area (TPSA) is 28.2 Å². The SMILES string of the molecule is CCNCc1cc(N(CC)C(C)C)c2ccccc2n1. The van der Waals surface area contributed by atoms with Gasteiger partial charge in [0.05, 0.1) is 11.2 Å². The van der Waals surface area contributed by atoms with Gasteiger partial charge < -0.3 is 10.2 Å². The van der Waals surface area contributed by atoms with E-state index in [2.05, 4.69) is 68.2 Å². The fourth-order valence-corrected chi connectivity index (χ4v) is 2.61. The van der Waals surface area contributed by atoms with E-state index in [0.29, 0.717) is 6.04 Å². The van der Waals surface area contributed by atoms with Crippen LogP contribution in [0.3, 0.4) is 0 Å². The molecule has 3 nitrogen and oxygen atoms in total. The van der Waals surface area contributed by atoms with Gasteiger partial charge in [-0.3, -0.25) is 4.98 Å². The van der Waals surface area contributed by atoms with Crippen LogP contribution in [0.2, 0.25) is 0 Å². The summed E-state index contributed by atoms with van der Waals surface area (Å²) < 4.78 is 0. The molecular formula is C17H25N3. The van der Waals surface area contributed by atoms with Crippen LogP contribution in [0, 0.1) is 0 Å². The van der Waals surface area contributed by atoms with Crippen molar-refractivity contribution in [2.75, 3.05) is 18.0 Å². The zero-order chi connectivity index (χ0) is 14.5. The zero-order valence-corrected chi connectivity index (χ0v) is 13.0. The standard InChI is InChI=1S/C17H25N3/c1-5-18-12-14-11-17(20(6-2)13(3)4)15-9-7-8-10-16(15)19-14/h7-11,13,18H,5-6,12H2,1-4H3. The van der Waals surface area contributed by atoms with Crippen LogP contribution in [-0.4, -0.2) is 24.1 Å². The number of nitrogens with zero attached hydrogens (tertiary/aromatic N) is 2. The van der Waals surface area contributed by atoms with Crippen LogP contribution in [0.5, 0.6) is 0 Å². The normalized spacial score (nSPS) is 11.2. The van der Waals surface area contributed by atoms with Gasteiger partial charge in [-0.05, 0) is 39.4 Å². The number of benzene rings is 1. The maximum atomic E-state index is 4.76. The van der Waals surface area contributed by atoms with E-state index in [1.54, 1.807) is 0 Å². The van der Waals surface area contributed by atoms with E-state index < -0.39 is 0 Å². The second-order valence-electron chi connectivity index (χ2n) is 5.31. The van der Waals surface area contributed by atoms with Gasteiger partial charge in [-0.2, -0.15) is 0 Å². The van der Waals surface area contributed by atoms with Gasteiger partial charge in [-0.15, -0.1) is 0 Å². The molecule has 1 aromatic carbocycles. The van der Waals surface area contributed by atoms with Crippen LogP contribution in [0.15, 0.2) is 30.3 Å². The first-order valence-electron chi connectivity index (χ1n) is 7.53. The Morgan fingerprint density at radius 2 is 1.95 bits per heavy atom. The molecule has 0 bridgehead atoms. The van der Waals surface area contributed by atoms with Crippen molar-refractivity contribution in [3.05, 3.63) is 36.0 Å². The first kappa shape index (κ1) is 14.8. The zero-order valence-electron chi connectivity index (χ0n) is 13.0. The van der Waals surface area contributed by atoms with Crippen molar-refractivity contribution in [3.63, 3.8) is 0 Å². The number of hydrogen-bond acceptors (Lipinski definition) is 3. The summed E-state index contributed by atoms with van der Waals surface area (Å²) >= 11 is 0. The van der Waals surface area contributed by atoms with Crippen molar-refractivity contribution in [2.45, 2.75) is 40.3 Å². The van der Waals surface area contributed by atoms with Crippen LogP contribution >= 0.6 is 0 Å². The highest BCUT2D eigenvalue weighted by molar-refractivity contribution is 5.92. The van der Waals surface area contributed by atoms with Crippen molar-refractivity contribution in [1.29, 1.82) is 0 Å². The molecule has 0 radical (unpaired) electrons. The molecule has 2 rings (SSSR count). The Hall–Kier alpha value is -1.61. The van der Waals surface area contributed by atoms with Crippen molar-refractivity contribution < 1.29 is 0 Å². The molecule has 0 unspecified atom stereocenters. The van der Waals surface area contributed by atoms with E-state index in [1.165, 1.54) is 11.1 Å². The molecule has 3 heteroatoms. The van der Waals surface area contributed by atoms with Crippen LogP contribution in [0.1, 0.15) is 33.4 Å². The first-order valence-corrected chi connectivity index (χ1v) is 7.53. The summed E-state index contributed by atoms with van der Waals surface area (Å²) in [6.07, 6.45) is 0. The molecule has 0 aliphatic rings. The molecule has 0 amide bonds. The molecule has 20 heavy (non-hydrogen) atoms. The lowest BCUT2D eigenvalue weighted by Crippen LogP contribution is -2.30. The summed E-state index contributed by atoms with van der Waals surface area (Å²) in [5.74, 6) is 0. The molecule has 1 N–H and O–H groups in total. The highest BCUT2D eigenvalue weighted by Gasteiger charge is 2.13. The van der Waals surface area contributed by atoms with Gasteiger partial charge >= 0.3 is 0 Å². The quantitative estimate of drug-likeness (QED) is 0.870. The molecule has 0 aliphatic carbocycles. The summed E-state index contributed by atoms with van der Waals surface area (Å²) in [6.45, 7) is 11.6. The van der Waals surface area contributed by atoms with Crippen LogP contribution in [0.25, 0.3) is 10.9 Å². The second kappa shape index (κ2) is 6.71. The third kappa shape index (κ3) is 3.10. The van der Waals surface area contributed by atoms with E-state index >= 15 is 0 Å². The lowest BCUT2D eigenvalue weighted by molar-refractivity contribution is 0.696. The maximum absolute atomic E-state index is 4.76. The molecule has 1 aromatic heterocycles. The Morgan fingerprint density at radius 1 is 1.20 bits per heavy atom. The largest absolute Gasteiger partial charge is 0.369 e. The molecule has 2 aromatic rings. The fraction of sp³-hybridized carbons (Fsp3) is 0.471. The lowest BCUT2D eigenvalue weighted by atomic mass is 10.1. The predicted octanol–water partition coefficient (Wildman–Crippen LogP) is 3.58. The molecular weight excluding hydrogens is 246 g/mol. The van der Waals surface area contributed by atoms with E-state index in [0.717, 1.165) is 30.8 Å². The van der Waals surface area contributed by atoms with Crippen LogP contribution in [-0.2, 0) is 6.54 Å². The Labute approximate surface area is 122 Å². The highest BCUT2D eigenvalue weighted by Crippen LogP contribution is 2.28. The lowest BCUT2D eigenvalue weighted by Gasteiger charge is -2.29. The van der Waals surface area contributed by atoms with Gasteiger partial charge in [0.15, 0.2) is 0 Å². The van der Waals surface area contributed by atoms with Gasteiger partial charge in [-0.25, -0.2) is 0 Å². The summed E-state index contributed by atoms with van der Waals surface area (Å²) in [5.41, 5.74) is 3.48. The highest BCUT2D eigenvalue weighted by atomic mass is 15.1. The van der Waals surface area contributed by atoms with Gasteiger partial charge in [0, 0.05) is 30.2 Å². The minimum absolute atomic E-state index is 0.484. The van der Waals surface area contributed by atoms with Gasteiger partial charge in [-0.1, -0.05) is 25.1 Å². The van der Waals surface area contributed by atoms with Crippen molar-refractivity contribution >= 4 is 16.6 Å². The molecule has 1 heterocycles. The van der Waals surface area contributed by atoms with Crippen molar-refractivity contribution in [3.8, 4) is 0 Å². The maximum Gasteiger partial charge on any atom is 0.0726 e. The number of fused-ring (bicyclic) bond motifs is 1. The number of anilines is 1. The van der Waals surface area contributed by atoms with Crippen molar-refractivity contribution in [2.24, 2.45) is 0 Å². The third-order valence-corrected chi connectivity index (χ3v) is 3.58. The average molecular weight is 271 g/mol. The molecule has 0 saturated carbocycles. The van der Waals surface area contributed by atoms with Crippen LogP contribution < -0.4 is 10.2 Å². The number of rotatable bonds is 6. The second-order valence-corrected chi connectivity index (χ2v) is 5.31. The number of para-hydroxylation sites is 1. The molecule has 108 valence electrons. The Kier molecular flexibility index (Phi) is 4.96. The van der Waals surface area contributed by atoms with Gasteiger partial charge in [0.1, 0.15) is 0 Å². The van der Waals surface area contributed by atoms with E-state index in [1.807, 2.05) is 0 Å². The van der Waals surface area contributed by atoms with Crippen LogP contribution in [0.4, 0.5) is 5.69 Å². The predicted molar refractivity (Wildman–Crippen MR) is 87.3 cm³/mol. The van der Waals surface area contributed by atoms with Gasteiger partial charge in [0.2, 0.25) is 0 Å². The first-order chi connectivity index (χ1) is 9.67. The smallest absolute Gasteiger partial charge is 0.0726 e. The average Bonchev–Trinajstić information content (AvgIpc) is 2.45. The number of pyridine rings is 1. The molecule has 0 saturated heterocycles. The molecule has 0 aliphatic heterocycles. The number of aromatic nitrogens is 1. The number of hydrogen-bond donors (Lipinski definition) is 1. The minimum atomic E-state index is 0.484. The fourth-order valence-electron chi connectivity index (χ4n) is 2.61. The molecule has 0 spiro atoms. The summed E-state index contributed by atoms with van der Waals surface area (Å²) in [5, 5.41) is 4.60. The van der Waals surface area contributed by atoms with E-state index in [9.17, 15) is 0 Å².